The molecular formula is C25H30N2O4S. The summed E-state index contributed by atoms with van der Waals surface area (Å²) in [5, 5.41) is 10.9. The number of rotatable bonds is 12. The Hall–Kier alpha value is -2.93. The molecule has 1 N–H and O–H groups in total. The molecule has 0 spiro atoms. The molecule has 0 bridgehead atoms. The zero-order chi connectivity index (χ0) is 22.8. The molecule has 1 heterocycles. The third kappa shape index (κ3) is 7.05. The van der Waals surface area contributed by atoms with Crippen LogP contribution in [0.3, 0.4) is 0 Å². The van der Waals surface area contributed by atoms with Crippen molar-refractivity contribution in [2.24, 2.45) is 4.99 Å². The Kier molecular flexibility index (Phi) is 9.04. The van der Waals surface area contributed by atoms with Gasteiger partial charge in [-0.15, -0.1) is 0 Å². The number of nitrogens with zero attached hydrogens (tertiary/aromatic N) is 2. The summed E-state index contributed by atoms with van der Waals surface area (Å²) in [6, 6.07) is 10.5. The summed E-state index contributed by atoms with van der Waals surface area (Å²) in [7, 11) is 0. The highest BCUT2D eigenvalue weighted by atomic mass is 32.1. The third-order valence-corrected chi connectivity index (χ3v) is 5.87. The zero-order valence-electron chi connectivity index (χ0n) is 18.7. The number of phenols is 1. The van der Waals surface area contributed by atoms with Crippen LogP contribution < -0.4 is 9.47 Å². The largest absolute Gasteiger partial charge is 0.507 e. The van der Waals surface area contributed by atoms with E-state index in [9.17, 15) is 9.90 Å². The summed E-state index contributed by atoms with van der Waals surface area (Å²) in [5.41, 5.74) is 1.37. The van der Waals surface area contributed by atoms with Gasteiger partial charge in [0, 0.05) is 24.3 Å². The molecule has 0 saturated heterocycles. The van der Waals surface area contributed by atoms with Crippen LogP contribution in [0.4, 0.5) is 5.13 Å². The maximum atomic E-state index is 12.0. The minimum atomic E-state index is -0.276. The van der Waals surface area contributed by atoms with Gasteiger partial charge in [0.05, 0.1) is 16.8 Å². The molecule has 2 aromatic carbocycles. The van der Waals surface area contributed by atoms with E-state index in [2.05, 4.69) is 16.9 Å². The minimum absolute atomic E-state index is 0.00152. The number of aromatic hydroxyl groups is 1. The maximum absolute atomic E-state index is 12.0. The number of phenolic OH excluding ortho intramolecular Hbond substituents is 1. The lowest BCUT2D eigenvalue weighted by molar-refractivity contribution is -0.134. The van der Waals surface area contributed by atoms with Crippen LogP contribution in [0.1, 0.15) is 64.4 Å². The van der Waals surface area contributed by atoms with E-state index in [0.29, 0.717) is 29.5 Å². The number of carbonyl (C=O) groups excluding carboxylic acids is 1. The van der Waals surface area contributed by atoms with Gasteiger partial charge in [0.1, 0.15) is 17.2 Å². The van der Waals surface area contributed by atoms with E-state index >= 15 is 0 Å². The molecule has 0 radical (unpaired) electrons. The van der Waals surface area contributed by atoms with Crippen LogP contribution in [-0.2, 0) is 4.79 Å². The van der Waals surface area contributed by atoms with E-state index in [1.54, 1.807) is 18.3 Å². The molecular weight excluding hydrogens is 424 g/mol. The molecule has 0 saturated carbocycles. The number of carbonyl (C=O) groups is 1. The molecule has 170 valence electrons. The smallest absolute Gasteiger partial charge is 0.311 e. The van der Waals surface area contributed by atoms with E-state index in [1.165, 1.54) is 36.7 Å². The fourth-order valence-corrected chi connectivity index (χ4v) is 4.10. The maximum Gasteiger partial charge on any atom is 0.311 e. The number of aromatic nitrogens is 1. The van der Waals surface area contributed by atoms with Crippen molar-refractivity contribution in [3.8, 4) is 17.2 Å². The van der Waals surface area contributed by atoms with Gasteiger partial charge >= 0.3 is 5.97 Å². The Morgan fingerprint density at radius 2 is 1.84 bits per heavy atom. The summed E-state index contributed by atoms with van der Waals surface area (Å²) in [6.45, 7) is 4.74. The number of ether oxygens (including phenoxy) is 2. The lowest BCUT2D eigenvalue weighted by Crippen LogP contribution is -2.07. The molecule has 0 aliphatic heterocycles. The Labute approximate surface area is 192 Å². The van der Waals surface area contributed by atoms with Crippen molar-refractivity contribution < 1.29 is 19.4 Å². The third-order valence-electron chi connectivity index (χ3n) is 4.94. The molecule has 32 heavy (non-hydrogen) atoms. The Balaban J connectivity index is 1.55. The number of aliphatic imine (C=N–C) groups is 1. The van der Waals surface area contributed by atoms with Crippen molar-refractivity contribution in [3.63, 3.8) is 0 Å². The van der Waals surface area contributed by atoms with Gasteiger partial charge in [0.15, 0.2) is 0 Å². The topological polar surface area (TPSA) is 81.0 Å². The quantitative estimate of drug-likeness (QED) is 0.141. The zero-order valence-corrected chi connectivity index (χ0v) is 19.5. The summed E-state index contributed by atoms with van der Waals surface area (Å²) in [4.78, 5) is 20.9. The Bertz CT molecular complexity index is 1060. The van der Waals surface area contributed by atoms with Gasteiger partial charge in [-0.1, -0.05) is 50.4 Å². The van der Waals surface area contributed by atoms with Gasteiger partial charge in [-0.2, -0.15) is 0 Å². The number of thiazole rings is 1. The monoisotopic (exact) mass is 454 g/mol. The lowest BCUT2D eigenvalue weighted by atomic mass is 10.1. The second-order valence-electron chi connectivity index (χ2n) is 7.53. The number of benzene rings is 2. The summed E-state index contributed by atoms with van der Waals surface area (Å²) in [5.74, 6) is 0.859. The molecule has 0 atom stereocenters. The van der Waals surface area contributed by atoms with Crippen molar-refractivity contribution in [1.29, 1.82) is 0 Å². The van der Waals surface area contributed by atoms with E-state index in [1.807, 2.05) is 25.1 Å². The van der Waals surface area contributed by atoms with Gasteiger partial charge in [-0.05, 0) is 43.7 Å². The number of hydrogen-bond acceptors (Lipinski definition) is 7. The first-order chi connectivity index (χ1) is 15.6. The minimum Gasteiger partial charge on any atom is -0.507 e. The van der Waals surface area contributed by atoms with Crippen LogP contribution in [0.5, 0.6) is 17.2 Å². The van der Waals surface area contributed by atoms with Gasteiger partial charge in [-0.25, -0.2) is 9.98 Å². The Morgan fingerprint density at radius 3 is 2.62 bits per heavy atom. The van der Waals surface area contributed by atoms with Crippen molar-refractivity contribution in [2.75, 3.05) is 6.61 Å². The predicted octanol–water partition coefficient (Wildman–Crippen LogP) is 6.81. The fraction of sp³-hybridized carbons (Fsp3) is 0.400. The highest BCUT2D eigenvalue weighted by Gasteiger charge is 2.08. The molecule has 0 fully saturated rings. The van der Waals surface area contributed by atoms with Crippen LogP contribution in [0.15, 0.2) is 41.4 Å². The number of unbranched alkanes of at least 4 members (excludes halogenated alkanes) is 5. The average Bonchev–Trinajstić information content (AvgIpc) is 3.18. The molecule has 6 nitrogen and oxygen atoms in total. The van der Waals surface area contributed by atoms with E-state index in [-0.39, 0.29) is 11.7 Å². The van der Waals surface area contributed by atoms with Crippen LogP contribution >= 0.6 is 11.3 Å². The van der Waals surface area contributed by atoms with Crippen molar-refractivity contribution in [3.05, 3.63) is 42.0 Å². The molecule has 0 unspecified atom stereocenters. The van der Waals surface area contributed by atoms with E-state index in [4.69, 9.17) is 9.47 Å². The number of hydrogen-bond donors (Lipinski definition) is 1. The summed E-state index contributed by atoms with van der Waals surface area (Å²) >= 11 is 1.45. The second-order valence-corrected chi connectivity index (χ2v) is 8.54. The second kappa shape index (κ2) is 12.2. The van der Waals surface area contributed by atoms with E-state index in [0.717, 1.165) is 35.2 Å². The van der Waals surface area contributed by atoms with Crippen LogP contribution in [0, 0.1) is 0 Å². The van der Waals surface area contributed by atoms with Gasteiger partial charge in [0.25, 0.3) is 0 Å². The van der Waals surface area contributed by atoms with Gasteiger partial charge in [-0.3, -0.25) is 4.79 Å². The highest BCUT2D eigenvalue weighted by molar-refractivity contribution is 7.22. The first kappa shape index (κ1) is 23.7. The number of fused-ring (bicyclic) bond motifs is 1. The van der Waals surface area contributed by atoms with Crippen molar-refractivity contribution >= 4 is 38.9 Å². The lowest BCUT2D eigenvalue weighted by Gasteiger charge is -2.06. The fourth-order valence-electron chi connectivity index (χ4n) is 3.26. The molecule has 7 heteroatoms. The molecule has 0 aliphatic carbocycles. The van der Waals surface area contributed by atoms with Crippen molar-refractivity contribution in [1.82, 2.24) is 4.98 Å². The van der Waals surface area contributed by atoms with Crippen LogP contribution in [0.2, 0.25) is 0 Å². The molecule has 0 aliphatic rings. The number of esters is 1. The first-order valence-corrected chi connectivity index (χ1v) is 12.0. The SMILES string of the molecule is CCCCCCCCC(=O)Oc1ccc(/C=N/c2nc3ccc(OCC)cc3s2)c(O)c1. The molecule has 1 aromatic heterocycles. The average molecular weight is 455 g/mol. The standard InChI is InChI=1S/C25H30N2O4S/c1-3-5-6-7-8-9-10-24(29)31-20-12-11-18(22(28)15-20)17-26-25-27-21-14-13-19(30-4-2)16-23(21)32-25/h11-17,28H,3-10H2,1-2H3/b26-17+. The van der Waals surface area contributed by atoms with Gasteiger partial charge in [0.2, 0.25) is 5.13 Å². The van der Waals surface area contributed by atoms with Crippen LogP contribution in [0.25, 0.3) is 10.2 Å². The molecule has 3 rings (SSSR count). The highest BCUT2D eigenvalue weighted by Crippen LogP contribution is 2.31. The summed E-state index contributed by atoms with van der Waals surface area (Å²) in [6.07, 6.45) is 8.63. The van der Waals surface area contributed by atoms with Crippen LogP contribution in [-0.4, -0.2) is 28.9 Å². The normalized spacial score (nSPS) is 11.3. The predicted molar refractivity (Wildman–Crippen MR) is 130 cm³/mol. The van der Waals surface area contributed by atoms with Gasteiger partial charge < -0.3 is 14.6 Å². The first-order valence-electron chi connectivity index (χ1n) is 11.2. The molecule has 0 amide bonds. The summed E-state index contributed by atoms with van der Waals surface area (Å²) < 4.78 is 11.9. The van der Waals surface area contributed by atoms with E-state index < -0.39 is 0 Å². The molecule has 3 aromatic rings. The Morgan fingerprint density at radius 1 is 1.06 bits per heavy atom. The van der Waals surface area contributed by atoms with Crippen molar-refractivity contribution in [2.45, 2.75) is 58.8 Å².